The van der Waals surface area contributed by atoms with Crippen LogP contribution in [0.15, 0.2) is 27.4 Å². The molecule has 0 fully saturated rings. The largest absolute Gasteiger partial charge is 0.423 e. The number of aryl methyl sites for hydroxylation is 2. The third-order valence-corrected chi connectivity index (χ3v) is 3.38. The fourth-order valence-corrected chi connectivity index (χ4v) is 2.23. The highest BCUT2D eigenvalue weighted by molar-refractivity contribution is 5.82. The van der Waals surface area contributed by atoms with Crippen molar-refractivity contribution < 1.29 is 14.0 Å². The van der Waals surface area contributed by atoms with E-state index in [0.717, 1.165) is 16.5 Å². The number of carbonyl (C=O) groups excluding carboxylic acids is 1. The summed E-state index contributed by atoms with van der Waals surface area (Å²) >= 11 is 0. The molecule has 0 radical (unpaired) electrons. The summed E-state index contributed by atoms with van der Waals surface area (Å²) in [5.41, 5.74) is 4.96. The Labute approximate surface area is 122 Å². The molecule has 0 bridgehead atoms. The van der Waals surface area contributed by atoms with Gasteiger partial charge in [-0.05, 0) is 44.4 Å². The Balaban J connectivity index is 2.26. The maximum Gasteiger partial charge on any atom is 0.339 e. The second-order valence-corrected chi connectivity index (χ2v) is 4.95. The monoisotopic (exact) mass is 289 g/mol. The van der Waals surface area contributed by atoms with Gasteiger partial charge in [0.25, 0.3) is 0 Å². The van der Waals surface area contributed by atoms with Crippen LogP contribution >= 0.6 is 0 Å². The van der Waals surface area contributed by atoms with Gasteiger partial charge in [0.05, 0.1) is 6.61 Å². The first-order valence-corrected chi connectivity index (χ1v) is 6.96. The predicted molar refractivity (Wildman–Crippen MR) is 80.0 cm³/mol. The van der Waals surface area contributed by atoms with Crippen LogP contribution in [0.4, 0.5) is 0 Å². The zero-order chi connectivity index (χ0) is 15.4. The first-order valence-electron chi connectivity index (χ1n) is 6.96. The van der Waals surface area contributed by atoms with Crippen LogP contribution in [0.25, 0.3) is 11.0 Å². The van der Waals surface area contributed by atoms with Crippen molar-refractivity contribution in [3.8, 4) is 0 Å². The quantitative estimate of drug-likeness (QED) is 0.678. The van der Waals surface area contributed by atoms with E-state index in [-0.39, 0.29) is 18.0 Å². The Bertz CT molecular complexity index is 718. The number of rotatable bonds is 5. The van der Waals surface area contributed by atoms with E-state index in [9.17, 15) is 9.59 Å². The lowest BCUT2D eigenvalue weighted by Crippen LogP contribution is -2.24. The van der Waals surface area contributed by atoms with Gasteiger partial charge in [0.15, 0.2) is 0 Å². The smallest absolute Gasteiger partial charge is 0.339 e. The van der Waals surface area contributed by atoms with Gasteiger partial charge in [-0.25, -0.2) is 10.3 Å². The van der Waals surface area contributed by atoms with Crippen LogP contribution in [0.2, 0.25) is 0 Å². The van der Waals surface area contributed by atoms with Gasteiger partial charge in [0.2, 0.25) is 5.91 Å². The average Bonchev–Trinajstić information content (AvgIpc) is 2.44. The highest BCUT2D eigenvalue weighted by Crippen LogP contribution is 2.21. The zero-order valence-electron chi connectivity index (χ0n) is 12.5. The summed E-state index contributed by atoms with van der Waals surface area (Å²) in [6, 6.07) is 5.75. The molecule has 0 unspecified atom stereocenters. The highest BCUT2D eigenvalue weighted by atomic mass is 16.6. The second-order valence-electron chi connectivity index (χ2n) is 4.95. The molecule has 5 nitrogen and oxygen atoms in total. The summed E-state index contributed by atoms with van der Waals surface area (Å²) in [6.07, 6.45) is 0.514. The summed E-state index contributed by atoms with van der Waals surface area (Å²) < 4.78 is 5.35. The van der Waals surface area contributed by atoms with Crippen molar-refractivity contribution in [1.29, 1.82) is 0 Å². The van der Waals surface area contributed by atoms with Crippen molar-refractivity contribution in [3.63, 3.8) is 0 Å². The predicted octanol–water partition coefficient (Wildman–Crippen LogP) is 2.41. The summed E-state index contributed by atoms with van der Waals surface area (Å²) in [6.45, 7) is 6.01. The normalized spacial score (nSPS) is 10.8. The van der Waals surface area contributed by atoms with E-state index in [4.69, 9.17) is 9.25 Å². The summed E-state index contributed by atoms with van der Waals surface area (Å²) in [7, 11) is 0. The third kappa shape index (κ3) is 3.49. The van der Waals surface area contributed by atoms with Crippen molar-refractivity contribution in [1.82, 2.24) is 5.48 Å². The average molecular weight is 289 g/mol. The molecule has 0 spiro atoms. The maximum absolute atomic E-state index is 12.1. The Morgan fingerprint density at radius 3 is 2.81 bits per heavy atom. The molecule has 1 heterocycles. The summed E-state index contributed by atoms with van der Waals surface area (Å²) in [5.74, 6) is -0.250. The molecule has 0 aliphatic rings. The molecule has 0 saturated carbocycles. The Hall–Kier alpha value is -2.14. The van der Waals surface area contributed by atoms with Crippen LogP contribution in [0, 0.1) is 13.8 Å². The molecule has 1 amide bonds. The van der Waals surface area contributed by atoms with Gasteiger partial charge in [0.1, 0.15) is 5.58 Å². The molecule has 0 aliphatic heterocycles. The van der Waals surface area contributed by atoms with Gasteiger partial charge in [0, 0.05) is 17.4 Å². The topological polar surface area (TPSA) is 68.5 Å². The van der Waals surface area contributed by atoms with E-state index in [2.05, 4.69) is 5.48 Å². The molecular formula is C16H19NO4. The lowest BCUT2D eigenvalue weighted by molar-refractivity contribution is -0.133. The highest BCUT2D eigenvalue weighted by Gasteiger charge is 2.13. The van der Waals surface area contributed by atoms with E-state index in [1.807, 2.05) is 32.0 Å². The van der Waals surface area contributed by atoms with Crippen molar-refractivity contribution in [3.05, 3.63) is 45.3 Å². The third-order valence-electron chi connectivity index (χ3n) is 3.38. The first-order chi connectivity index (χ1) is 10.0. The molecular weight excluding hydrogens is 270 g/mol. The summed E-state index contributed by atoms with van der Waals surface area (Å²) in [5, 5.41) is 0.903. The van der Waals surface area contributed by atoms with E-state index in [1.165, 1.54) is 0 Å². The number of hydrogen-bond acceptors (Lipinski definition) is 4. The first kappa shape index (κ1) is 15.3. The van der Waals surface area contributed by atoms with Crippen LogP contribution in [0.1, 0.15) is 30.0 Å². The van der Waals surface area contributed by atoms with Gasteiger partial charge in [-0.15, -0.1) is 0 Å². The van der Waals surface area contributed by atoms with Crippen LogP contribution in [0.5, 0.6) is 0 Å². The summed E-state index contributed by atoms with van der Waals surface area (Å²) in [4.78, 5) is 28.4. The molecule has 2 aromatic rings. The molecule has 1 N–H and O–H groups in total. The van der Waals surface area contributed by atoms with E-state index in [1.54, 1.807) is 6.92 Å². The maximum atomic E-state index is 12.1. The van der Waals surface area contributed by atoms with Crippen molar-refractivity contribution in [2.45, 2.75) is 33.6 Å². The Morgan fingerprint density at radius 2 is 2.10 bits per heavy atom. The minimum Gasteiger partial charge on any atom is -0.423 e. The molecule has 21 heavy (non-hydrogen) atoms. The Morgan fingerprint density at radius 1 is 1.33 bits per heavy atom. The van der Waals surface area contributed by atoms with Gasteiger partial charge in [-0.1, -0.05) is 12.1 Å². The minimum absolute atomic E-state index is 0.184. The van der Waals surface area contributed by atoms with Crippen molar-refractivity contribution >= 4 is 16.9 Å². The number of hydroxylamine groups is 1. The van der Waals surface area contributed by atoms with E-state index < -0.39 is 0 Å². The molecule has 0 saturated heterocycles. The van der Waals surface area contributed by atoms with Crippen molar-refractivity contribution in [2.75, 3.05) is 6.61 Å². The fraction of sp³-hybridized carbons (Fsp3) is 0.375. The lowest BCUT2D eigenvalue weighted by atomic mass is 10.0. The molecule has 2 rings (SSSR count). The number of nitrogens with one attached hydrogen (secondary N) is 1. The van der Waals surface area contributed by atoms with Crippen LogP contribution in [-0.2, 0) is 16.1 Å². The lowest BCUT2D eigenvalue weighted by Gasteiger charge is -2.08. The molecule has 1 aromatic heterocycles. The van der Waals surface area contributed by atoms with Gasteiger partial charge in [-0.2, -0.15) is 0 Å². The van der Waals surface area contributed by atoms with E-state index >= 15 is 0 Å². The van der Waals surface area contributed by atoms with Crippen LogP contribution in [0.3, 0.4) is 0 Å². The minimum atomic E-state index is -0.380. The Kier molecular flexibility index (Phi) is 4.75. The molecule has 112 valence electrons. The number of amides is 1. The fourth-order valence-electron chi connectivity index (χ4n) is 2.23. The van der Waals surface area contributed by atoms with Crippen LogP contribution in [-0.4, -0.2) is 12.5 Å². The van der Waals surface area contributed by atoms with Crippen LogP contribution < -0.4 is 11.1 Å². The molecule has 0 atom stereocenters. The zero-order valence-corrected chi connectivity index (χ0v) is 12.5. The molecule has 0 aliphatic carbocycles. The number of carbonyl (C=O) groups is 1. The van der Waals surface area contributed by atoms with Gasteiger partial charge in [-0.3, -0.25) is 9.63 Å². The number of benzene rings is 1. The van der Waals surface area contributed by atoms with E-state index in [0.29, 0.717) is 24.2 Å². The van der Waals surface area contributed by atoms with Crippen molar-refractivity contribution in [2.24, 2.45) is 0 Å². The molecule has 1 aromatic carbocycles. The number of fused-ring (bicyclic) bond motifs is 1. The SMILES string of the molecule is CCONC(=O)CCc1c(C)c2ccc(C)cc2oc1=O. The number of hydrogen-bond donors (Lipinski definition) is 1. The second kappa shape index (κ2) is 6.54. The van der Waals surface area contributed by atoms with Gasteiger partial charge >= 0.3 is 5.63 Å². The molecule has 5 heteroatoms. The standard InChI is InChI=1S/C16H19NO4/c1-4-20-17-15(18)8-7-13-11(3)12-6-5-10(2)9-14(12)21-16(13)19/h5-6,9H,4,7-8H2,1-3H3,(H,17,18). The van der Waals surface area contributed by atoms with Gasteiger partial charge < -0.3 is 4.42 Å².